The summed E-state index contributed by atoms with van der Waals surface area (Å²) < 4.78 is 17.1. The standard InChI is InChI=1S/C14H20O3/c1-13(2)16-11-14(3,17-13)10-15-9-12-7-5-4-6-8-12/h4-8H,9-11H2,1-3H3. The molecule has 2 rings (SSSR count). The number of hydrogen-bond donors (Lipinski definition) is 0. The van der Waals surface area contributed by atoms with E-state index in [4.69, 9.17) is 14.2 Å². The molecule has 94 valence electrons. The number of rotatable bonds is 4. The number of hydrogen-bond acceptors (Lipinski definition) is 3. The molecule has 1 aliphatic rings. The lowest BCUT2D eigenvalue weighted by molar-refractivity contribution is -0.169. The lowest BCUT2D eigenvalue weighted by Crippen LogP contribution is -2.35. The van der Waals surface area contributed by atoms with Crippen molar-refractivity contribution >= 4 is 0 Å². The largest absolute Gasteiger partial charge is 0.374 e. The summed E-state index contributed by atoms with van der Waals surface area (Å²) in [6, 6.07) is 10.1. The Morgan fingerprint density at radius 3 is 2.47 bits per heavy atom. The molecule has 0 aromatic heterocycles. The first-order valence-electron chi connectivity index (χ1n) is 5.95. The predicted molar refractivity (Wildman–Crippen MR) is 65.6 cm³/mol. The van der Waals surface area contributed by atoms with Gasteiger partial charge in [-0.2, -0.15) is 0 Å². The van der Waals surface area contributed by atoms with E-state index >= 15 is 0 Å². The molecule has 1 aliphatic heterocycles. The van der Waals surface area contributed by atoms with Gasteiger partial charge in [-0.25, -0.2) is 0 Å². The second-order valence-corrected chi connectivity index (χ2v) is 5.22. The lowest BCUT2D eigenvalue weighted by atomic mass is 10.1. The van der Waals surface area contributed by atoms with Crippen molar-refractivity contribution in [2.45, 2.75) is 38.8 Å². The molecule has 0 aliphatic carbocycles. The van der Waals surface area contributed by atoms with Crippen LogP contribution in [-0.4, -0.2) is 24.6 Å². The molecule has 3 nitrogen and oxygen atoms in total. The first-order valence-corrected chi connectivity index (χ1v) is 5.95. The Bertz CT molecular complexity index is 361. The Balaban J connectivity index is 1.79. The summed E-state index contributed by atoms with van der Waals surface area (Å²) in [5.74, 6) is -0.495. The van der Waals surface area contributed by atoms with E-state index in [-0.39, 0.29) is 5.60 Å². The summed E-state index contributed by atoms with van der Waals surface area (Å²) in [4.78, 5) is 0. The third kappa shape index (κ3) is 3.53. The summed E-state index contributed by atoms with van der Waals surface area (Å²) in [5, 5.41) is 0. The van der Waals surface area contributed by atoms with Crippen molar-refractivity contribution in [3.05, 3.63) is 35.9 Å². The maximum Gasteiger partial charge on any atom is 0.163 e. The molecule has 1 saturated heterocycles. The second kappa shape index (κ2) is 4.77. The van der Waals surface area contributed by atoms with Crippen molar-refractivity contribution < 1.29 is 14.2 Å². The molecule has 0 bridgehead atoms. The summed E-state index contributed by atoms with van der Waals surface area (Å²) in [6.07, 6.45) is 0. The number of benzene rings is 1. The monoisotopic (exact) mass is 236 g/mol. The molecule has 17 heavy (non-hydrogen) atoms. The van der Waals surface area contributed by atoms with Crippen LogP contribution in [0.15, 0.2) is 30.3 Å². The van der Waals surface area contributed by atoms with Gasteiger partial charge in [-0.3, -0.25) is 0 Å². The van der Waals surface area contributed by atoms with Crippen LogP contribution in [0.1, 0.15) is 26.3 Å². The fourth-order valence-electron chi connectivity index (χ4n) is 2.01. The summed E-state index contributed by atoms with van der Waals surface area (Å²) in [7, 11) is 0. The van der Waals surface area contributed by atoms with Gasteiger partial charge in [-0.05, 0) is 26.3 Å². The van der Waals surface area contributed by atoms with Gasteiger partial charge in [0.15, 0.2) is 5.79 Å². The highest BCUT2D eigenvalue weighted by Gasteiger charge is 2.42. The topological polar surface area (TPSA) is 27.7 Å². The molecule has 0 amide bonds. The Hall–Kier alpha value is -0.900. The van der Waals surface area contributed by atoms with Gasteiger partial charge in [-0.15, -0.1) is 0 Å². The van der Waals surface area contributed by atoms with Crippen molar-refractivity contribution in [1.82, 2.24) is 0 Å². The van der Waals surface area contributed by atoms with Crippen LogP contribution in [0.3, 0.4) is 0 Å². The molecule has 0 spiro atoms. The molecule has 1 unspecified atom stereocenters. The Labute approximate surface area is 103 Å². The molecule has 0 radical (unpaired) electrons. The minimum Gasteiger partial charge on any atom is -0.374 e. The molecule has 1 aromatic rings. The fraction of sp³-hybridized carbons (Fsp3) is 0.571. The van der Waals surface area contributed by atoms with Crippen molar-refractivity contribution in [1.29, 1.82) is 0 Å². The zero-order valence-electron chi connectivity index (χ0n) is 10.7. The Kier molecular flexibility index (Phi) is 3.52. The first-order chi connectivity index (χ1) is 7.99. The predicted octanol–water partition coefficient (Wildman–Crippen LogP) is 2.74. The zero-order valence-corrected chi connectivity index (χ0v) is 10.7. The maximum atomic E-state index is 5.83. The summed E-state index contributed by atoms with van der Waals surface area (Å²) in [5.41, 5.74) is 0.840. The number of ether oxygens (including phenoxy) is 3. The Morgan fingerprint density at radius 2 is 1.88 bits per heavy atom. The van der Waals surface area contributed by atoms with Crippen molar-refractivity contribution in [3.8, 4) is 0 Å². The smallest absolute Gasteiger partial charge is 0.163 e. The van der Waals surface area contributed by atoms with Crippen LogP contribution in [0.25, 0.3) is 0 Å². The zero-order chi connectivity index (χ0) is 12.4. The molecule has 0 saturated carbocycles. The molecular weight excluding hydrogens is 216 g/mol. The van der Waals surface area contributed by atoms with Gasteiger partial charge in [0.2, 0.25) is 0 Å². The normalized spacial score (nSPS) is 27.2. The van der Waals surface area contributed by atoms with Crippen molar-refractivity contribution in [2.75, 3.05) is 13.2 Å². The van der Waals surface area contributed by atoms with E-state index in [1.807, 2.05) is 39.0 Å². The van der Waals surface area contributed by atoms with Crippen LogP contribution in [-0.2, 0) is 20.8 Å². The van der Waals surface area contributed by atoms with Crippen molar-refractivity contribution in [3.63, 3.8) is 0 Å². The molecule has 1 heterocycles. The van der Waals surface area contributed by atoms with Crippen molar-refractivity contribution in [2.24, 2.45) is 0 Å². The average molecular weight is 236 g/mol. The van der Waals surface area contributed by atoms with Gasteiger partial charge in [0.05, 0.1) is 19.8 Å². The van der Waals surface area contributed by atoms with Gasteiger partial charge in [0.1, 0.15) is 5.60 Å². The Morgan fingerprint density at radius 1 is 1.18 bits per heavy atom. The highest BCUT2D eigenvalue weighted by Crippen LogP contribution is 2.30. The highest BCUT2D eigenvalue weighted by molar-refractivity contribution is 5.13. The van der Waals surface area contributed by atoms with Gasteiger partial charge in [0, 0.05) is 0 Å². The first kappa shape index (κ1) is 12.6. The van der Waals surface area contributed by atoms with Crippen LogP contribution >= 0.6 is 0 Å². The van der Waals surface area contributed by atoms with Gasteiger partial charge in [0.25, 0.3) is 0 Å². The van der Waals surface area contributed by atoms with E-state index in [1.165, 1.54) is 5.56 Å². The molecule has 3 heteroatoms. The maximum absolute atomic E-state index is 5.83. The van der Waals surface area contributed by atoms with Crippen LogP contribution in [0.5, 0.6) is 0 Å². The molecule has 0 N–H and O–H groups in total. The van der Waals surface area contributed by atoms with E-state index in [0.717, 1.165) is 0 Å². The van der Waals surface area contributed by atoms with Gasteiger partial charge < -0.3 is 14.2 Å². The van der Waals surface area contributed by atoms with E-state index in [9.17, 15) is 0 Å². The van der Waals surface area contributed by atoms with E-state index < -0.39 is 5.79 Å². The van der Waals surface area contributed by atoms with Crippen LogP contribution < -0.4 is 0 Å². The second-order valence-electron chi connectivity index (χ2n) is 5.22. The lowest BCUT2D eigenvalue weighted by Gasteiger charge is -2.24. The van der Waals surface area contributed by atoms with Crippen LogP contribution in [0.4, 0.5) is 0 Å². The minimum absolute atomic E-state index is 0.335. The van der Waals surface area contributed by atoms with Crippen LogP contribution in [0.2, 0.25) is 0 Å². The summed E-state index contributed by atoms with van der Waals surface area (Å²) >= 11 is 0. The molecule has 1 aromatic carbocycles. The highest BCUT2D eigenvalue weighted by atomic mass is 16.8. The van der Waals surface area contributed by atoms with E-state index in [2.05, 4.69) is 12.1 Å². The van der Waals surface area contributed by atoms with Gasteiger partial charge >= 0.3 is 0 Å². The fourth-order valence-corrected chi connectivity index (χ4v) is 2.01. The average Bonchev–Trinajstić information content (AvgIpc) is 2.55. The van der Waals surface area contributed by atoms with E-state index in [0.29, 0.717) is 19.8 Å². The molecule has 1 atom stereocenters. The molecular formula is C14H20O3. The third-order valence-corrected chi connectivity index (χ3v) is 2.74. The minimum atomic E-state index is -0.495. The quantitative estimate of drug-likeness (QED) is 0.804. The summed E-state index contributed by atoms with van der Waals surface area (Å²) in [6.45, 7) is 7.61. The van der Waals surface area contributed by atoms with Crippen LogP contribution in [0, 0.1) is 0 Å². The SMILES string of the molecule is CC1(COCc2ccccc2)COC(C)(C)O1. The molecule has 1 fully saturated rings. The van der Waals surface area contributed by atoms with E-state index in [1.54, 1.807) is 0 Å². The third-order valence-electron chi connectivity index (χ3n) is 2.74. The van der Waals surface area contributed by atoms with Gasteiger partial charge in [-0.1, -0.05) is 30.3 Å².